The third-order valence-electron chi connectivity index (χ3n) is 9.91. The van der Waals surface area contributed by atoms with Gasteiger partial charge in [0.25, 0.3) is 5.91 Å². The summed E-state index contributed by atoms with van der Waals surface area (Å²) in [5.74, 6) is 1.38. The fourth-order valence-electron chi connectivity index (χ4n) is 7.19. The van der Waals surface area contributed by atoms with Gasteiger partial charge in [-0.25, -0.2) is 4.98 Å². The zero-order valence-corrected chi connectivity index (χ0v) is 28.6. The van der Waals surface area contributed by atoms with Crippen molar-refractivity contribution in [2.45, 2.75) is 55.5 Å². The van der Waals surface area contributed by atoms with Crippen LogP contribution in [-0.2, 0) is 27.5 Å². The highest BCUT2D eigenvalue weighted by Crippen LogP contribution is 2.39. The third kappa shape index (κ3) is 7.40. The largest absolute Gasteiger partial charge is 0.496 e. The van der Waals surface area contributed by atoms with Gasteiger partial charge in [0.05, 0.1) is 30.3 Å². The van der Waals surface area contributed by atoms with E-state index in [1.807, 2.05) is 17.9 Å². The Kier molecular flexibility index (Phi) is 10.6. The molecule has 0 saturated carbocycles. The van der Waals surface area contributed by atoms with Gasteiger partial charge in [0.2, 0.25) is 5.95 Å². The molecule has 2 unspecified atom stereocenters. The lowest BCUT2D eigenvalue weighted by atomic mass is 9.76. The Bertz CT molecular complexity index is 1690. The average Bonchev–Trinajstić information content (AvgIpc) is 3.70. The zero-order valence-electron chi connectivity index (χ0n) is 27.8. The van der Waals surface area contributed by atoms with E-state index in [2.05, 4.69) is 63.3 Å². The number of anilines is 1. The number of likely N-dealkylation sites (tertiary alicyclic amines) is 2. The molecule has 1 N–H and O–H groups in total. The molecular formula is C37H47N5O4S. The van der Waals surface area contributed by atoms with Crippen LogP contribution in [0.15, 0.2) is 77.7 Å². The standard InChI is InChI=1S/C37H47N5O4S/c1-4-46-25-24-42-33-13-9-8-12-32(33)39-36(42)38-29-16-20-40(21-17-29)22-18-37(28-10-6-5-7-11-28)19-23-41(27-37)35(43)31-26-30(47(3)44)14-15-34(31)45-2/h5-15,26,29H,4,16-25,27H2,1-3H3,(H,38,39). The molecule has 1 amide bonds. The van der Waals surface area contributed by atoms with Crippen molar-refractivity contribution >= 4 is 33.7 Å². The number of benzene rings is 3. The number of nitrogens with one attached hydrogen (secondary N) is 1. The summed E-state index contributed by atoms with van der Waals surface area (Å²) in [6, 6.07) is 24.6. The lowest BCUT2D eigenvalue weighted by Gasteiger charge is -2.36. The van der Waals surface area contributed by atoms with Gasteiger partial charge >= 0.3 is 0 Å². The van der Waals surface area contributed by atoms with Crippen LogP contribution in [0.4, 0.5) is 5.95 Å². The number of hydrogen-bond acceptors (Lipinski definition) is 7. The molecule has 1 aromatic heterocycles. The summed E-state index contributed by atoms with van der Waals surface area (Å²) >= 11 is 0. The normalized spacial score (nSPS) is 19.7. The maximum absolute atomic E-state index is 13.9. The number of amides is 1. The van der Waals surface area contributed by atoms with Crippen molar-refractivity contribution in [3.8, 4) is 5.75 Å². The van der Waals surface area contributed by atoms with E-state index in [4.69, 9.17) is 14.5 Å². The number of piperidine rings is 1. The molecule has 4 aromatic rings. The van der Waals surface area contributed by atoms with Crippen LogP contribution in [0.3, 0.4) is 0 Å². The molecule has 6 rings (SSSR count). The maximum atomic E-state index is 13.9. The van der Waals surface area contributed by atoms with Crippen LogP contribution in [0.2, 0.25) is 0 Å². The minimum absolute atomic E-state index is 0.0638. The lowest BCUT2D eigenvalue weighted by molar-refractivity contribution is 0.0776. The van der Waals surface area contributed by atoms with Crippen molar-refractivity contribution in [1.29, 1.82) is 0 Å². The summed E-state index contributed by atoms with van der Waals surface area (Å²) in [7, 11) is 0.387. The quantitative estimate of drug-likeness (QED) is 0.188. The molecule has 2 atom stereocenters. The van der Waals surface area contributed by atoms with Gasteiger partial charge in [0.1, 0.15) is 5.75 Å². The molecule has 0 spiro atoms. The van der Waals surface area contributed by atoms with Crippen LogP contribution in [0.5, 0.6) is 5.75 Å². The van der Waals surface area contributed by atoms with Crippen LogP contribution in [0.25, 0.3) is 11.0 Å². The third-order valence-corrected chi connectivity index (χ3v) is 10.8. The number of methoxy groups -OCH3 is 1. The molecule has 2 saturated heterocycles. The number of aromatic nitrogens is 2. The predicted octanol–water partition coefficient (Wildman–Crippen LogP) is 5.57. The van der Waals surface area contributed by atoms with Crippen LogP contribution in [0, 0.1) is 0 Å². The highest BCUT2D eigenvalue weighted by atomic mass is 32.2. The Labute approximate surface area is 280 Å². The van der Waals surface area contributed by atoms with Gasteiger partial charge in [-0.3, -0.25) is 9.00 Å². The van der Waals surface area contributed by atoms with Crippen LogP contribution >= 0.6 is 0 Å². The van der Waals surface area contributed by atoms with Crippen LogP contribution in [-0.4, -0.2) is 94.8 Å². The summed E-state index contributed by atoms with van der Waals surface area (Å²) in [5, 5.41) is 3.77. The summed E-state index contributed by atoms with van der Waals surface area (Å²) in [6.45, 7) is 8.50. The lowest BCUT2D eigenvalue weighted by Crippen LogP contribution is -2.42. The van der Waals surface area contributed by atoms with Gasteiger partial charge in [-0.05, 0) is 75.0 Å². The number of fused-ring (bicyclic) bond motifs is 1. The number of nitrogens with zero attached hydrogens (tertiary/aromatic N) is 4. The number of hydrogen-bond donors (Lipinski definition) is 1. The Hall–Kier alpha value is -3.73. The van der Waals surface area contributed by atoms with Crippen LogP contribution < -0.4 is 10.1 Å². The molecule has 2 fully saturated rings. The van der Waals surface area contributed by atoms with Gasteiger partial charge < -0.3 is 29.2 Å². The molecule has 3 aromatic carbocycles. The molecule has 10 heteroatoms. The summed E-state index contributed by atoms with van der Waals surface area (Å²) in [6.07, 6.45) is 5.60. The molecule has 250 valence electrons. The van der Waals surface area contributed by atoms with Crippen molar-refractivity contribution in [3.05, 3.63) is 83.9 Å². The second-order valence-electron chi connectivity index (χ2n) is 12.7. The first kappa shape index (κ1) is 33.2. The maximum Gasteiger partial charge on any atom is 0.257 e. The predicted molar refractivity (Wildman–Crippen MR) is 188 cm³/mol. The smallest absolute Gasteiger partial charge is 0.257 e. The van der Waals surface area contributed by atoms with Crippen molar-refractivity contribution in [3.63, 3.8) is 0 Å². The number of carbonyl (C=O) groups is 1. The van der Waals surface area contributed by atoms with E-state index in [1.54, 1.807) is 31.6 Å². The first-order valence-electron chi connectivity index (χ1n) is 16.8. The highest BCUT2D eigenvalue weighted by Gasteiger charge is 2.42. The van der Waals surface area contributed by atoms with Crippen molar-refractivity contribution in [2.75, 3.05) is 64.6 Å². The fourth-order valence-corrected chi connectivity index (χ4v) is 7.74. The first-order valence-corrected chi connectivity index (χ1v) is 18.3. The summed E-state index contributed by atoms with van der Waals surface area (Å²) in [4.78, 5) is 24.0. The number of imidazole rings is 1. The van der Waals surface area contributed by atoms with E-state index in [9.17, 15) is 9.00 Å². The van der Waals surface area contributed by atoms with Crippen molar-refractivity contribution in [1.82, 2.24) is 19.4 Å². The van der Waals surface area contributed by atoms with Crippen molar-refractivity contribution < 1.29 is 18.5 Å². The topological polar surface area (TPSA) is 88.9 Å². The van der Waals surface area contributed by atoms with E-state index < -0.39 is 10.8 Å². The van der Waals surface area contributed by atoms with Crippen molar-refractivity contribution in [2.24, 2.45) is 0 Å². The molecule has 3 heterocycles. The van der Waals surface area contributed by atoms with E-state index in [0.29, 0.717) is 48.6 Å². The Balaban J connectivity index is 1.11. The molecule has 9 nitrogen and oxygen atoms in total. The van der Waals surface area contributed by atoms with Gasteiger partial charge in [-0.2, -0.15) is 0 Å². The second-order valence-corrected chi connectivity index (χ2v) is 14.1. The molecule has 2 aliphatic rings. The summed E-state index contributed by atoms with van der Waals surface area (Å²) in [5.41, 5.74) is 3.77. The van der Waals surface area contributed by atoms with Crippen LogP contribution in [0.1, 0.15) is 48.5 Å². The van der Waals surface area contributed by atoms with E-state index >= 15 is 0 Å². The van der Waals surface area contributed by atoms with Gasteiger partial charge in [-0.15, -0.1) is 0 Å². The molecule has 47 heavy (non-hydrogen) atoms. The average molecular weight is 658 g/mol. The monoisotopic (exact) mass is 657 g/mol. The van der Waals surface area contributed by atoms with Gasteiger partial charge in [0, 0.05) is 72.7 Å². The Morgan fingerprint density at radius 3 is 2.53 bits per heavy atom. The minimum Gasteiger partial charge on any atom is -0.496 e. The number of para-hydroxylation sites is 2. The zero-order chi connectivity index (χ0) is 32.8. The van der Waals surface area contributed by atoms with E-state index in [1.165, 1.54) is 5.56 Å². The second kappa shape index (κ2) is 15.0. The van der Waals surface area contributed by atoms with Gasteiger partial charge in [0.15, 0.2) is 0 Å². The van der Waals surface area contributed by atoms with Gasteiger partial charge in [-0.1, -0.05) is 42.5 Å². The molecule has 2 aliphatic heterocycles. The highest BCUT2D eigenvalue weighted by molar-refractivity contribution is 7.84. The number of ether oxygens (including phenoxy) is 2. The van der Waals surface area contributed by atoms with E-state index in [-0.39, 0.29) is 11.3 Å². The van der Waals surface area contributed by atoms with E-state index in [0.717, 1.165) is 68.8 Å². The Morgan fingerprint density at radius 2 is 1.79 bits per heavy atom. The molecule has 0 aliphatic carbocycles. The molecule has 0 bridgehead atoms. The SMILES string of the molecule is CCOCCn1c(NC2CCN(CCC3(c4ccccc4)CCN(C(=O)c4cc(S(C)=O)ccc4OC)C3)CC2)nc2ccccc21. The Morgan fingerprint density at radius 1 is 1.02 bits per heavy atom. The molecular weight excluding hydrogens is 611 g/mol. The minimum atomic E-state index is -1.19. The molecule has 0 radical (unpaired) electrons. The number of rotatable bonds is 13. The fraction of sp³-hybridized carbons (Fsp3) is 0.459. The number of carbonyl (C=O) groups excluding carboxylic acids is 1. The summed E-state index contributed by atoms with van der Waals surface area (Å²) < 4.78 is 25.7. The first-order chi connectivity index (χ1) is 22.9.